The Morgan fingerprint density at radius 2 is 1.56 bits per heavy atom. The van der Waals surface area contributed by atoms with Crippen molar-refractivity contribution in [2.45, 2.75) is 18.2 Å². The Hall–Kier alpha value is -3.49. The highest BCUT2D eigenvalue weighted by Gasteiger charge is 2.27. The van der Waals surface area contributed by atoms with Crippen LogP contribution in [-0.4, -0.2) is 38.0 Å². The van der Waals surface area contributed by atoms with Crippen LogP contribution in [-0.2, 0) is 16.5 Å². The molecule has 0 aliphatic heterocycles. The number of ketones is 1. The number of rotatable bonds is 4. The summed E-state index contributed by atoms with van der Waals surface area (Å²) in [5, 5.41) is 0. The first-order valence-corrected chi connectivity index (χ1v) is 11.1. The lowest BCUT2D eigenvalue weighted by Crippen LogP contribution is -1.97. The highest BCUT2D eigenvalue weighted by Crippen LogP contribution is 2.36. The van der Waals surface area contributed by atoms with E-state index in [1.54, 1.807) is 44.8 Å². The van der Waals surface area contributed by atoms with Crippen molar-refractivity contribution in [3.8, 4) is 11.5 Å². The van der Waals surface area contributed by atoms with Gasteiger partial charge in [-0.05, 0) is 60.5 Å². The third kappa shape index (κ3) is 5.40. The van der Waals surface area contributed by atoms with Gasteiger partial charge in [0.1, 0.15) is 0 Å². The van der Waals surface area contributed by atoms with Gasteiger partial charge >= 0.3 is 0 Å². The second-order valence-electron chi connectivity index (χ2n) is 7.11. The molecular formula is C24H23NO6S. The number of aromatic nitrogens is 1. The van der Waals surface area contributed by atoms with Gasteiger partial charge in [0.05, 0.1) is 19.1 Å². The molecular weight excluding hydrogens is 430 g/mol. The number of hydrogen-bond donors (Lipinski definition) is 1. The fourth-order valence-corrected chi connectivity index (χ4v) is 3.70. The first-order chi connectivity index (χ1) is 15.2. The van der Waals surface area contributed by atoms with Crippen LogP contribution in [0.5, 0.6) is 11.5 Å². The minimum Gasteiger partial charge on any atom is -0.493 e. The number of hydrogen-bond acceptors (Lipinski definition) is 6. The average Bonchev–Trinajstić information content (AvgIpc) is 3.08. The number of Topliss-reactive ketones (excluding diaryl/α,β-unsaturated/α-hetero) is 1. The number of aryl methyl sites for hydroxylation is 1. The monoisotopic (exact) mass is 453 g/mol. The number of benzene rings is 2. The van der Waals surface area contributed by atoms with Gasteiger partial charge in [0.15, 0.2) is 17.3 Å². The maximum Gasteiger partial charge on any atom is 0.294 e. The summed E-state index contributed by atoms with van der Waals surface area (Å²) >= 11 is 0. The van der Waals surface area contributed by atoms with Crippen LogP contribution in [0.2, 0.25) is 0 Å². The van der Waals surface area contributed by atoms with E-state index in [9.17, 15) is 13.2 Å². The van der Waals surface area contributed by atoms with Gasteiger partial charge in [-0.3, -0.25) is 14.3 Å². The van der Waals surface area contributed by atoms with E-state index in [4.69, 9.17) is 14.0 Å². The van der Waals surface area contributed by atoms with Gasteiger partial charge in [0, 0.05) is 30.0 Å². The molecule has 1 aliphatic carbocycles. The highest BCUT2D eigenvalue weighted by molar-refractivity contribution is 7.85. The largest absolute Gasteiger partial charge is 0.493 e. The first kappa shape index (κ1) is 23.2. The summed E-state index contributed by atoms with van der Waals surface area (Å²) in [6, 6.07) is 13.4. The quantitative estimate of drug-likeness (QED) is 0.467. The molecule has 4 rings (SSSR count). The van der Waals surface area contributed by atoms with Gasteiger partial charge in [-0.2, -0.15) is 8.42 Å². The van der Waals surface area contributed by atoms with Crippen molar-refractivity contribution in [1.29, 1.82) is 0 Å². The predicted molar refractivity (Wildman–Crippen MR) is 121 cm³/mol. The van der Waals surface area contributed by atoms with E-state index in [-0.39, 0.29) is 10.7 Å². The summed E-state index contributed by atoms with van der Waals surface area (Å²) in [4.78, 5) is 16.4. The molecule has 32 heavy (non-hydrogen) atoms. The SMILES string of the molecule is COc1cc2c(cc1OC)C(=O)/C(=C\c1ccncc1)C2.Cc1ccc(S(=O)(=O)O)cc1. The second kappa shape index (κ2) is 9.76. The summed E-state index contributed by atoms with van der Waals surface area (Å²) in [5.74, 6) is 1.27. The average molecular weight is 454 g/mol. The van der Waals surface area contributed by atoms with Gasteiger partial charge in [-0.15, -0.1) is 0 Å². The number of ether oxygens (including phenoxy) is 2. The molecule has 2 aromatic carbocycles. The fraction of sp³-hybridized carbons (Fsp3) is 0.167. The van der Waals surface area contributed by atoms with Crippen molar-refractivity contribution in [3.63, 3.8) is 0 Å². The van der Waals surface area contributed by atoms with Crippen LogP contribution in [0.25, 0.3) is 6.08 Å². The Morgan fingerprint density at radius 1 is 0.969 bits per heavy atom. The van der Waals surface area contributed by atoms with Crippen molar-refractivity contribution in [1.82, 2.24) is 4.98 Å². The Kier molecular flexibility index (Phi) is 7.07. The lowest BCUT2D eigenvalue weighted by Gasteiger charge is -2.08. The molecule has 0 saturated heterocycles. The normalized spacial score (nSPS) is 13.9. The highest BCUT2D eigenvalue weighted by atomic mass is 32.2. The summed E-state index contributed by atoms with van der Waals surface area (Å²) in [5.41, 5.74) is 4.36. The van der Waals surface area contributed by atoms with Crippen molar-refractivity contribution >= 4 is 22.0 Å². The van der Waals surface area contributed by atoms with Gasteiger partial charge in [0.2, 0.25) is 0 Å². The minimum atomic E-state index is -4.02. The number of nitrogens with zero attached hydrogens (tertiary/aromatic N) is 1. The summed E-state index contributed by atoms with van der Waals surface area (Å²) in [6.45, 7) is 1.84. The molecule has 1 aromatic heterocycles. The van der Waals surface area contributed by atoms with E-state index in [1.807, 2.05) is 31.2 Å². The van der Waals surface area contributed by atoms with E-state index in [0.717, 1.165) is 22.3 Å². The Labute approximate surface area is 187 Å². The lowest BCUT2D eigenvalue weighted by molar-refractivity contribution is 0.104. The van der Waals surface area contributed by atoms with Crippen LogP contribution in [0, 0.1) is 6.92 Å². The Morgan fingerprint density at radius 3 is 2.12 bits per heavy atom. The number of carbonyl (C=O) groups excluding carboxylic acids is 1. The first-order valence-electron chi connectivity index (χ1n) is 9.67. The van der Waals surface area contributed by atoms with Crippen molar-refractivity contribution in [2.75, 3.05) is 14.2 Å². The second-order valence-corrected chi connectivity index (χ2v) is 8.53. The van der Waals surface area contributed by atoms with Crippen LogP contribution in [0.1, 0.15) is 27.0 Å². The minimum absolute atomic E-state index is 0.0442. The molecule has 0 amide bonds. The molecule has 7 nitrogen and oxygen atoms in total. The molecule has 0 radical (unpaired) electrons. The third-order valence-corrected chi connectivity index (χ3v) is 5.76. The van der Waals surface area contributed by atoms with Gasteiger partial charge in [-0.25, -0.2) is 0 Å². The Balaban J connectivity index is 0.000000222. The zero-order valence-corrected chi connectivity index (χ0v) is 18.7. The van der Waals surface area contributed by atoms with Crippen LogP contribution in [0.15, 0.2) is 71.4 Å². The van der Waals surface area contributed by atoms with Gasteiger partial charge in [0.25, 0.3) is 10.1 Å². The molecule has 0 bridgehead atoms. The smallest absolute Gasteiger partial charge is 0.294 e. The molecule has 0 spiro atoms. The number of carbonyl (C=O) groups is 1. The maximum absolute atomic E-state index is 12.5. The maximum atomic E-state index is 12.5. The zero-order chi connectivity index (χ0) is 23.3. The summed E-state index contributed by atoms with van der Waals surface area (Å²) in [7, 11) is -0.861. The van der Waals surface area contributed by atoms with E-state index >= 15 is 0 Å². The molecule has 8 heteroatoms. The van der Waals surface area contributed by atoms with Gasteiger partial charge < -0.3 is 9.47 Å². The van der Waals surface area contributed by atoms with E-state index in [0.29, 0.717) is 23.5 Å². The molecule has 166 valence electrons. The molecule has 0 fully saturated rings. The molecule has 0 unspecified atom stereocenters. The standard InChI is InChI=1S/C17H15NO3.C7H8O3S/c1-20-15-9-12-8-13(7-11-3-5-18-6-4-11)17(19)14(12)10-16(15)21-2;1-6-2-4-7(5-3-6)11(8,9)10/h3-7,9-10H,8H2,1-2H3;2-5H,1H3,(H,8,9,10)/b13-7-;. The van der Waals surface area contributed by atoms with Crippen LogP contribution < -0.4 is 9.47 Å². The van der Waals surface area contributed by atoms with E-state index in [1.165, 1.54) is 12.1 Å². The molecule has 0 atom stereocenters. The van der Waals surface area contributed by atoms with E-state index < -0.39 is 10.1 Å². The van der Waals surface area contributed by atoms with Crippen molar-refractivity contribution in [3.05, 3.63) is 88.8 Å². The number of allylic oxidation sites excluding steroid dienone is 1. The van der Waals surface area contributed by atoms with Crippen molar-refractivity contribution < 1.29 is 27.2 Å². The zero-order valence-electron chi connectivity index (χ0n) is 17.9. The Bertz CT molecular complexity index is 1250. The predicted octanol–water partition coefficient (Wildman–Crippen LogP) is 4.16. The summed E-state index contributed by atoms with van der Waals surface area (Å²) in [6.07, 6.45) is 5.94. The fourth-order valence-electron chi connectivity index (χ4n) is 3.22. The molecule has 3 aromatic rings. The number of methoxy groups -OCH3 is 2. The molecule has 1 aliphatic rings. The van der Waals surface area contributed by atoms with Crippen LogP contribution >= 0.6 is 0 Å². The lowest BCUT2D eigenvalue weighted by atomic mass is 10.1. The molecule has 0 saturated carbocycles. The van der Waals surface area contributed by atoms with Crippen LogP contribution in [0.3, 0.4) is 0 Å². The van der Waals surface area contributed by atoms with Gasteiger partial charge in [-0.1, -0.05) is 17.7 Å². The van der Waals surface area contributed by atoms with Crippen molar-refractivity contribution in [2.24, 2.45) is 0 Å². The summed E-state index contributed by atoms with van der Waals surface area (Å²) < 4.78 is 40.1. The van der Waals surface area contributed by atoms with Crippen LogP contribution in [0.4, 0.5) is 0 Å². The van der Waals surface area contributed by atoms with E-state index in [2.05, 4.69) is 4.98 Å². The third-order valence-electron chi connectivity index (χ3n) is 4.89. The topological polar surface area (TPSA) is 103 Å². The number of fused-ring (bicyclic) bond motifs is 1. The number of pyridine rings is 1. The molecule has 1 heterocycles. The molecule has 1 N–H and O–H groups in total.